The number of hydrogen-bond donors (Lipinski definition) is 1. The standard InChI is InChI=1S/C21H20BrN3O/c1-14-8-4-7-11-20(14)25-15(2)12-17(16(25)3)13-23-24-21(26)18-9-5-6-10-19(18)22/h4-13H,1-3H3,(H,24,26)/b23-13-. The van der Waals surface area contributed by atoms with Crippen LogP contribution in [0.15, 0.2) is 64.2 Å². The average Bonchev–Trinajstić information content (AvgIpc) is 2.90. The first-order valence-corrected chi connectivity index (χ1v) is 9.11. The number of para-hydroxylation sites is 1. The molecule has 2 aromatic carbocycles. The monoisotopic (exact) mass is 409 g/mol. The third kappa shape index (κ3) is 3.63. The fourth-order valence-electron chi connectivity index (χ4n) is 2.97. The summed E-state index contributed by atoms with van der Waals surface area (Å²) in [5.41, 5.74) is 8.67. The van der Waals surface area contributed by atoms with Crippen LogP contribution in [-0.2, 0) is 0 Å². The minimum absolute atomic E-state index is 0.249. The number of halogens is 1. The van der Waals surface area contributed by atoms with E-state index >= 15 is 0 Å². The van der Waals surface area contributed by atoms with Crippen molar-refractivity contribution in [2.45, 2.75) is 20.8 Å². The highest BCUT2D eigenvalue weighted by Gasteiger charge is 2.11. The molecule has 4 nitrogen and oxygen atoms in total. The highest BCUT2D eigenvalue weighted by molar-refractivity contribution is 9.10. The van der Waals surface area contributed by atoms with Crippen molar-refractivity contribution in [1.29, 1.82) is 0 Å². The van der Waals surface area contributed by atoms with Crippen LogP contribution < -0.4 is 5.43 Å². The molecule has 3 aromatic rings. The van der Waals surface area contributed by atoms with E-state index in [-0.39, 0.29) is 5.91 Å². The fraction of sp³-hybridized carbons (Fsp3) is 0.143. The summed E-state index contributed by atoms with van der Waals surface area (Å²) in [5, 5.41) is 4.13. The van der Waals surface area contributed by atoms with Crippen LogP contribution in [0.1, 0.15) is 32.9 Å². The molecule has 1 heterocycles. The van der Waals surface area contributed by atoms with Gasteiger partial charge in [0.05, 0.1) is 11.8 Å². The predicted molar refractivity (Wildman–Crippen MR) is 109 cm³/mol. The van der Waals surface area contributed by atoms with Gasteiger partial charge in [-0.1, -0.05) is 30.3 Å². The number of hydrazone groups is 1. The molecule has 1 amide bonds. The molecule has 5 heteroatoms. The van der Waals surface area contributed by atoms with Gasteiger partial charge >= 0.3 is 0 Å². The van der Waals surface area contributed by atoms with E-state index in [0.717, 1.165) is 27.1 Å². The van der Waals surface area contributed by atoms with E-state index in [0.29, 0.717) is 5.56 Å². The van der Waals surface area contributed by atoms with Gasteiger partial charge in [0.15, 0.2) is 0 Å². The van der Waals surface area contributed by atoms with E-state index in [4.69, 9.17) is 0 Å². The first kappa shape index (κ1) is 18.1. The smallest absolute Gasteiger partial charge is 0.272 e. The molecule has 132 valence electrons. The van der Waals surface area contributed by atoms with Crippen LogP contribution in [0.25, 0.3) is 5.69 Å². The van der Waals surface area contributed by atoms with Crippen LogP contribution in [0.2, 0.25) is 0 Å². The topological polar surface area (TPSA) is 46.4 Å². The molecule has 26 heavy (non-hydrogen) atoms. The van der Waals surface area contributed by atoms with Crippen molar-refractivity contribution in [3.8, 4) is 5.69 Å². The Labute approximate surface area is 161 Å². The molecule has 0 saturated heterocycles. The van der Waals surface area contributed by atoms with E-state index in [1.807, 2.05) is 30.3 Å². The molecule has 0 unspecified atom stereocenters. The van der Waals surface area contributed by atoms with Crippen molar-refractivity contribution in [2.24, 2.45) is 5.10 Å². The zero-order valence-electron chi connectivity index (χ0n) is 15.0. The Morgan fingerprint density at radius 3 is 2.50 bits per heavy atom. The zero-order valence-corrected chi connectivity index (χ0v) is 16.5. The van der Waals surface area contributed by atoms with Crippen molar-refractivity contribution in [1.82, 2.24) is 9.99 Å². The molecule has 0 atom stereocenters. The van der Waals surface area contributed by atoms with Gasteiger partial charge in [-0.15, -0.1) is 0 Å². The number of benzene rings is 2. The van der Waals surface area contributed by atoms with Gasteiger partial charge in [-0.2, -0.15) is 5.10 Å². The lowest BCUT2D eigenvalue weighted by Crippen LogP contribution is -2.18. The number of aromatic nitrogens is 1. The van der Waals surface area contributed by atoms with Gasteiger partial charge in [0.1, 0.15) is 0 Å². The molecule has 0 aliphatic rings. The van der Waals surface area contributed by atoms with Crippen molar-refractivity contribution in [2.75, 3.05) is 0 Å². The Balaban J connectivity index is 1.82. The van der Waals surface area contributed by atoms with Crippen LogP contribution in [-0.4, -0.2) is 16.7 Å². The van der Waals surface area contributed by atoms with Crippen LogP contribution in [0.4, 0.5) is 0 Å². The minimum atomic E-state index is -0.249. The van der Waals surface area contributed by atoms with Gasteiger partial charge < -0.3 is 4.57 Å². The van der Waals surface area contributed by atoms with E-state index in [9.17, 15) is 4.79 Å². The van der Waals surface area contributed by atoms with Crippen molar-refractivity contribution in [3.05, 3.63) is 87.1 Å². The van der Waals surface area contributed by atoms with Gasteiger partial charge in [-0.25, -0.2) is 5.43 Å². The highest BCUT2D eigenvalue weighted by atomic mass is 79.9. The largest absolute Gasteiger partial charge is 0.318 e. The summed E-state index contributed by atoms with van der Waals surface area (Å²) in [5.74, 6) is -0.249. The van der Waals surface area contributed by atoms with Gasteiger partial charge in [0.2, 0.25) is 0 Å². The van der Waals surface area contributed by atoms with Crippen molar-refractivity contribution in [3.63, 3.8) is 0 Å². The molecule has 0 aliphatic carbocycles. The van der Waals surface area contributed by atoms with Crippen LogP contribution in [0, 0.1) is 20.8 Å². The summed E-state index contributed by atoms with van der Waals surface area (Å²) in [6, 6.07) is 17.6. The Morgan fingerprint density at radius 1 is 1.08 bits per heavy atom. The molecular weight excluding hydrogens is 390 g/mol. The Bertz CT molecular complexity index is 989. The fourth-order valence-corrected chi connectivity index (χ4v) is 3.43. The van der Waals surface area contributed by atoms with E-state index < -0.39 is 0 Å². The SMILES string of the molecule is Cc1ccccc1-n1c(C)cc(/C=N\NC(=O)c2ccccc2Br)c1C. The molecule has 0 saturated carbocycles. The number of nitrogens with one attached hydrogen (secondary N) is 1. The summed E-state index contributed by atoms with van der Waals surface area (Å²) in [6.07, 6.45) is 1.69. The average molecular weight is 410 g/mol. The molecule has 3 rings (SSSR count). The van der Waals surface area contributed by atoms with Crippen molar-refractivity contribution >= 4 is 28.1 Å². The Kier molecular flexibility index (Phi) is 5.38. The lowest BCUT2D eigenvalue weighted by atomic mass is 10.2. The normalized spacial score (nSPS) is 11.1. The van der Waals surface area contributed by atoms with Crippen LogP contribution >= 0.6 is 15.9 Å². The number of amides is 1. The van der Waals surface area contributed by atoms with Gasteiger partial charge in [-0.3, -0.25) is 4.79 Å². The second-order valence-electron chi connectivity index (χ2n) is 6.13. The number of aryl methyl sites for hydroxylation is 2. The first-order chi connectivity index (χ1) is 12.5. The van der Waals surface area contributed by atoms with Crippen molar-refractivity contribution < 1.29 is 4.79 Å². The maximum absolute atomic E-state index is 12.2. The number of hydrogen-bond acceptors (Lipinski definition) is 2. The van der Waals surface area contributed by atoms with Gasteiger partial charge in [0, 0.05) is 27.1 Å². The Morgan fingerprint density at radius 2 is 1.77 bits per heavy atom. The lowest BCUT2D eigenvalue weighted by molar-refractivity contribution is 0.0954. The Hall–Kier alpha value is -2.66. The summed E-state index contributed by atoms with van der Waals surface area (Å²) in [4.78, 5) is 12.2. The second-order valence-corrected chi connectivity index (χ2v) is 6.98. The summed E-state index contributed by atoms with van der Waals surface area (Å²) < 4.78 is 2.94. The molecular formula is C21H20BrN3O. The minimum Gasteiger partial charge on any atom is -0.318 e. The number of nitrogens with zero attached hydrogens (tertiary/aromatic N) is 2. The maximum Gasteiger partial charge on any atom is 0.272 e. The molecule has 0 bridgehead atoms. The third-order valence-electron chi connectivity index (χ3n) is 4.31. The van der Waals surface area contributed by atoms with Gasteiger partial charge in [0.25, 0.3) is 5.91 Å². The molecule has 1 N–H and O–H groups in total. The maximum atomic E-state index is 12.2. The molecule has 0 fully saturated rings. The molecule has 1 aromatic heterocycles. The number of rotatable bonds is 4. The van der Waals surface area contributed by atoms with Gasteiger partial charge in [-0.05, 0) is 66.5 Å². The van der Waals surface area contributed by atoms with E-state index in [1.54, 1.807) is 12.3 Å². The van der Waals surface area contributed by atoms with E-state index in [2.05, 4.69) is 70.0 Å². The van der Waals surface area contributed by atoms with E-state index in [1.165, 1.54) is 5.56 Å². The predicted octanol–water partition coefficient (Wildman–Crippen LogP) is 4.93. The summed E-state index contributed by atoms with van der Waals surface area (Å²) in [7, 11) is 0. The lowest BCUT2D eigenvalue weighted by Gasteiger charge is -2.12. The number of carbonyl (C=O) groups excluding carboxylic acids is 1. The molecule has 0 radical (unpaired) electrons. The second kappa shape index (κ2) is 7.70. The quantitative estimate of drug-likeness (QED) is 0.481. The summed E-state index contributed by atoms with van der Waals surface area (Å²) in [6.45, 7) is 6.22. The highest BCUT2D eigenvalue weighted by Crippen LogP contribution is 2.22. The zero-order chi connectivity index (χ0) is 18.7. The molecule has 0 aliphatic heterocycles. The number of carbonyl (C=O) groups is 1. The molecule has 0 spiro atoms. The summed E-state index contributed by atoms with van der Waals surface area (Å²) >= 11 is 3.37. The van der Waals surface area contributed by atoms with Crippen LogP contribution in [0.5, 0.6) is 0 Å². The van der Waals surface area contributed by atoms with Crippen LogP contribution in [0.3, 0.4) is 0 Å². The third-order valence-corrected chi connectivity index (χ3v) is 5.01. The first-order valence-electron chi connectivity index (χ1n) is 8.32.